The van der Waals surface area contributed by atoms with Crippen LogP contribution in [0.4, 0.5) is 5.88 Å². The van der Waals surface area contributed by atoms with Gasteiger partial charge in [-0.2, -0.15) is 5.26 Å². The third kappa shape index (κ3) is 3.20. The van der Waals surface area contributed by atoms with Gasteiger partial charge in [0.1, 0.15) is 17.4 Å². The number of hydrogen-bond donors (Lipinski definition) is 1. The number of nitriles is 1. The fourth-order valence-electron chi connectivity index (χ4n) is 1.89. The summed E-state index contributed by atoms with van der Waals surface area (Å²) in [5.41, 5.74) is 1.03. The number of furan rings is 1. The van der Waals surface area contributed by atoms with Crippen LogP contribution < -0.4 is 14.8 Å². The molecule has 0 aliphatic carbocycles. The van der Waals surface area contributed by atoms with Gasteiger partial charge in [0.2, 0.25) is 5.88 Å². The molecule has 0 fully saturated rings. The Bertz CT molecular complexity index is 728. The molecule has 0 atom stereocenters. The minimum Gasteiger partial charge on any atom is -0.493 e. The molecule has 22 heavy (non-hydrogen) atoms. The number of aryl methyl sites for hydroxylation is 1. The van der Waals surface area contributed by atoms with Crippen LogP contribution in [0.1, 0.15) is 16.9 Å². The average molecular weight is 300 g/mol. The molecular weight excluding hydrogens is 284 g/mol. The first-order valence-electron chi connectivity index (χ1n) is 6.62. The highest BCUT2D eigenvalue weighted by Gasteiger charge is 2.17. The van der Waals surface area contributed by atoms with E-state index >= 15 is 0 Å². The lowest BCUT2D eigenvalue weighted by atomic mass is 10.2. The summed E-state index contributed by atoms with van der Waals surface area (Å²) in [4.78, 5) is 11.9. The molecule has 0 spiro atoms. The molecule has 0 saturated heterocycles. The van der Waals surface area contributed by atoms with Crippen molar-refractivity contribution in [1.29, 1.82) is 5.26 Å². The first-order chi connectivity index (χ1) is 10.6. The number of rotatable bonds is 5. The molecule has 114 valence electrons. The van der Waals surface area contributed by atoms with Crippen LogP contribution in [0, 0.1) is 25.2 Å². The van der Waals surface area contributed by atoms with Gasteiger partial charge in [0.15, 0.2) is 18.1 Å². The van der Waals surface area contributed by atoms with Crippen LogP contribution in [0.15, 0.2) is 28.7 Å². The Hall–Kier alpha value is -2.94. The summed E-state index contributed by atoms with van der Waals surface area (Å²) in [5, 5.41) is 11.6. The Kier molecular flexibility index (Phi) is 4.69. The molecule has 0 radical (unpaired) electrons. The second-order valence-electron chi connectivity index (χ2n) is 4.59. The van der Waals surface area contributed by atoms with Crippen LogP contribution >= 0.6 is 0 Å². The van der Waals surface area contributed by atoms with Gasteiger partial charge < -0.3 is 13.9 Å². The summed E-state index contributed by atoms with van der Waals surface area (Å²) in [6.45, 7) is 3.28. The summed E-state index contributed by atoms with van der Waals surface area (Å²) < 4.78 is 15.9. The highest BCUT2D eigenvalue weighted by Crippen LogP contribution is 2.27. The Labute approximate surface area is 128 Å². The van der Waals surface area contributed by atoms with Crippen LogP contribution in [0.5, 0.6) is 11.5 Å². The number of nitrogens with zero attached hydrogens (tertiary/aromatic N) is 1. The van der Waals surface area contributed by atoms with Crippen molar-refractivity contribution in [1.82, 2.24) is 0 Å². The molecule has 1 N–H and O–H groups in total. The number of benzene rings is 1. The number of hydrogen-bond acceptors (Lipinski definition) is 5. The van der Waals surface area contributed by atoms with Gasteiger partial charge in [0.25, 0.3) is 5.91 Å². The van der Waals surface area contributed by atoms with E-state index in [4.69, 9.17) is 19.2 Å². The van der Waals surface area contributed by atoms with Gasteiger partial charge in [-0.15, -0.1) is 0 Å². The average Bonchev–Trinajstić information content (AvgIpc) is 2.79. The van der Waals surface area contributed by atoms with Crippen LogP contribution in [0.3, 0.4) is 0 Å². The first kappa shape index (κ1) is 15.4. The molecule has 0 unspecified atom stereocenters. The van der Waals surface area contributed by atoms with E-state index in [0.717, 1.165) is 0 Å². The predicted molar refractivity (Wildman–Crippen MR) is 80.0 cm³/mol. The number of nitrogens with one attached hydrogen (secondary N) is 1. The van der Waals surface area contributed by atoms with Crippen molar-refractivity contribution in [3.8, 4) is 17.6 Å². The van der Waals surface area contributed by atoms with E-state index in [-0.39, 0.29) is 12.5 Å². The lowest BCUT2D eigenvalue weighted by Crippen LogP contribution is -2.20. The van der Waals surface area contributed by atoms with E-state index in [1.807, 2.05) is 6.07 Å². The van der Waals surface area contributed by atoms with Gasteiger partial charge in [-0.3, -0.25) is 10.1 Å². The van der Waals surface area contributed by atoms with E-state index in [2.05, 4.69) is 5.32 Å². The van der Waals surface area contributed by atoms with Gasteiger partial charge in [-0.05, 0) is 26.0 Å². The van der Waals surface area contributed by atoms with Crippen molar-refractivity contribution in [2.45, 2.75) is 13.8 Å². The SMILES string of the molecule is COc1ccccc1OCC(=O)Nc1oc(C)c(C)c1C#N. The zero-order valence-electron chi connectivity index (χ0n) is 12.6. The molecule has 1 aromatic carbocycles. The highest BCUT2D eigenvalue weighted by molar-refractivity contribution is 5.92. The largest absolute Gasteiger partial charge is 0.493 e. The molecule has 1 aromatic heterocycles. The smallest absolute Gasteiger partial charge is 0.264 e. The number of ether oxygens (including phenoxy) is 2. The molecule has 0 aliphatic rings. The lowest BCUT2D eigenvalue weighted by molar-refractivity contribution is -0.118. The Morgan fingerprint density at radius 1 is 1.32 bits per heavy atom. The summed E-state index contributed by atoms with van der Waals surface area (Å²) in [6.07, 6.45) is 0. The standard InChI is InChI=1S/C16H16N2O4/c1-10-11(2)22-16(12(10)8-17)18-15(19)9-21-14-7-5-4-6-13(14)20-3/h4-7H,9H2,1-3H3,(H,18,19). The van der Waals surface area contributed by atoms with Gasteiger partial charge in [0, 0.05) is 5.56 Å². The van der Waals surface area contributed by atoms with Crippen LogP contribution in [0.25, 0.3) is 0 Å². The predicted octanol–water partition coefficient (Wildman–Crippen LogP) is 2.79. The van der Waals surface area contributed by atoms with Gasteiger partial charge >= 0.3 is 0 Å². The zero-order chi connectivity index (χ0) is 16.1. The van der Waals surface area contributed by atoms with Crippen molar-refractivity contribution in [3.63, 3.8) is 0 Å². The quantitative estimate of drug-likeness (QED) is 0.917. The second-order valence-corrected chi connectivity index (χ2v) is 4.59. The molecular formula is C16H16N2O4. The van der Waals surface area contributed by atoms with E-state index in [1.54, 1.807) is 38.1 Å². The number of carbonyl (C=O) groups excluding carboxylic acids is 1. The van der Waals surface area contributed by atoms with Gasteiger partial charge in [-0.25, -0.2) is 0 Å². The summed E-state index contributed by atoms with van der Waals surface area (Å²) in [7, 11) is 1.52. The monoisotopic (exact) mass is 300 g/mol. The molecule has 0 bridgehead atoms. The van der Waals surface area contributed by atoms with Crippen LogP contribution in [-0.2, 0) is 4.79 Å². The molecule has 0 saturated carbocycles. The van der Waals surface area contributed by atoms with E-state index < -0.39 is 5.91 Å². The first-order valence-corrected chi connectivity index (χ1v) is 6.62. The molecule has 6 nitrogen and oxygen atoms in total. The van der Waals surface area contributed by atoms with Gasteiger partial charge in [-0.1, -0.05) is 12.1 Å². The summed E-state index contributed by atoms with van der Waals surface area (Å²) in [6, 6.07) is 9.04. The molecule has 1 amide bonds. The van der Waals surface area contributed by atoms with Crippen molar-refractivity contribution in [2.24, 2.45) is 0 Å². The topological polar surface area (TPSA) is 84.5 Å². The fraction of sp³-hybridized carbons (Fsp3) is 0.250. The maximum absolute atomic E-state index is 11.9. The van der Waals surface area contributed by atoms with Crippen LogP contribution in [0.2, 0.25) is 0 Å². The third-order valence-corrected chi connectivity index (χ3v) is 3.18. The number of methoxy groups -OCH3 is 1. The minimum absolute atomic E-state index is 0.145. The normalized spacial score (nSPS) is 9.91. The molecule has 1 heterocycles. The van der Waals surface area contributed by atoms with Crippen molar-refractivity contribution < 1.29 is 18.7 Å². The van der Waals surface area contributed by atoms with E-state index in [9.17, 15) is 4.79 Å². The van der Waals surface area contributed by atoms with Crippen molar-refractivity contribution in [2.75, 3.05) is 19.0 Å². The fourth-order valence-corrected chi connectivity index (χ4v) is 1.89. The van der Waals surface area contributed by atoms with E-state index in [0.29, 0.717) is 28.4 Å². The Balaban J connectivity index is 2.02. The molecule has 2 aromatic rings. The van der Waals surface area contributed by atoms with Gasteiger partial charge in [0.05, 0.1) is 7.11 Å². The molecule has 0 aliphatic heterocycles. The number of amides is 1. The Morgan fingerprint density at radius 2 is 2.00 bits per heavy atom. The number of anilines is 1. The van der Waals surface area contributed by atoms with Crippen molar-refractivity contribution >= 4 is 11.8 Å². The summed E-state index contributed by atoms with van der Waals surface area (Å²) in [5.74, 6) is 1.32. The summed E-state index contributed by atoms with van der Waals surface area (Å²) >= 11 is 0. The second kappa shape index (κ2) is 6.68. The minimum atomic E-state index is -0.420. The maximum atomic E-state index is 11.9. The molecule has 6 heteroatoms. The Morgan fingerprint density at radius 3 is 2.64 bits per heavy atom. The van der Waals surface area contributed by atoms with Crippen molar-refractivity contribution in [3.05, 3.63) is 41.2 Å². The zero-order valence-corrected chi connectivity index (χ0v) is 12.6. The highest BCUT2D eigenvalue weighted by atomic mass is 16.5. The number of para-hydroxylation sites is 2. The maximum Gasteiger partial charge on any atom is 0.264 e. The molecule has 2 rings (SSSR count). The lowest BCUT2D eigenvalue weighted by Gasteiger charge is -2.09. The number of carbonyl (C=O) groups is 1. The third-order valence-electron chi connectivity index (χ3n) is 3.18. The van der Waals surface area contributed by atoms with E-state index in [1.165, 1.54) is 7.11 Å². The van der Waals surface area contributed by atoms with Crippen LogP contribution in [-0.4, -0.2) is 19.6 Å².